The summed E-state index contributed by atoms with van der Waals surface area (Å²) >= 11 is 0. The number of nitrogens with one attached hydrogen (secondary N) is 2. The number of hydroxylamine groups is 1. The fourth-order valence-corrected chi connectivity index (χ4v) is 6.30. The van der Waals surface area contributed by atoms with E-state index in [4.69, 9.17) is 14.7 Å². The SMILES string of the molecule is CN(Cc1ccccc1)C[C@H]1C[C@@H](c2ccc(CO)cc2)O[C@@H](c2ccc(-c3cccc(CNC(=O)CCCCCCC(=O)NO)c3)cc2)O1. The number of benzene rings is 4. The van der Waals surface area contributed by atoms with Gasteiger partial charge in [0.25, 0.3) is 0 Å². The molecule has 1 saturated heterocycles. The van der Waals surface area contributed by atoms with Gasteiger partial charge in [-0.1, -0.05) is 110 Å². The normalized spacial score (nSPS) is 17.4. The van der Waals surface area contributed by atoms with Crippen molar-refractivity contribution in [3.63, 3.8) is 0 Å². The molecule has 3 atom stereocenters. The molecule has 9 heteroatoms. The molecule has 4 aromatic carbocycles. The molecule has 0 radical (unpaired) electrons. The second kappa shape index (κ2) is 19.1. The van der Waals surface area contributed by atoms with Crippen LogP contribution in [0.1, 0.15) is 85.2 Å². The van der Waals surface area contributed by atoms with E-state index < -0.39 is 6.29 Å². The van der Waals surface area contributed by atoms with Crippen LogP contribution >= 0.6 is 0 Å². The van der Waals surface area contributed by atoms with Crippen molar-refractivity contribution in [1.29, 1.82) is 0 Å². The predicted molar refractivity (Wildman–Crippen MR) is 193 cm³/mol. The fourth-order valence-electron chi connectivity index (χ4n) is 6.30. The van der Waals surface area contributed by atoms with E-state index in [0.717, 1.165) is 72.2 Å². The molecular weight excluding hydrogens is 630 g/mol. The van der Waals surface area contributed by atoms with Crippen molar-refractivity contribution in [2.75, 3.05) is 13.6 Å². The number of carbonyl (C=O) groups excluding carboxylic acids is 2. The van der Waals surface area contributed by atoms with Gasteiger partial charge in [-0.25, -0.2) is 5.48 Å². The van der Waals surface area contributed by atoms with Crippen LogP contribution in [0, 0.1) is 0 Å². The van der Waals surface area contributed by atoms with Gasteiger partial charge in [0, 0.05) is 44.5 Å². The highest BCUT2D eigenvalue weighted by Crippen LogP contribution is 2.38. The van der Waals surface area contributed by atoms with Crippen LogP contribution in [0.15, 0.2) is 103 Å². The van der Waals surface area contributed by atoms with Crippen LogP contribution in [-0.2, 0) is 38.8 Å². The summed E-state index contributed by atoms with van der Waals surface area (Å²) in [6.45, 7) is 2.04. The van der Waals surface area contributed by atoms with E-state index in [2.05, 4.69) is 77.9 Å². The Labute approximate surface area is 295 Å². The highest BCUT2D eigenvalue weighted by Gasteiger charge is 2.32. The van der Waals surface area contributed by atoms with Crippen LogP contribution in [0.2, 0.25) is 0 Å². The maximum atomic E-state index is 12.4. The zero-order valence-corrected chi connectivity index (χ0v) is 28.8. The van der Waals surface area contributed by atoms with Gasteiger partial charge in [-0.05, 0) is 59.3 Å². The lowest BCUT2D eigenvalue weighted by atomic mass is 9.99. The lowest BCUT2D eigenvalue weighted by Crippen LogP contribution is -2.37. The summed E-state index contributed by atoms with van der Waals surface area (Å²) in [5.41, 5.74) is 8.91. The molecule has 0 aliphatic carbocycles. The van der Waals surface area contributed by atoms with Gasteiger partial charge in [0.15, 0.2) is 6.29 Å². The first-order chi connectivity index (χ1) is 24.4. The summed E-state index contributed by atoms with van der Waals surface area (Å²) in [5, 5.41) is 21.1. The van der Waals surface area contributed by atoms with Crippen molar-refractivity contribution in [2.24, 2.45) is 0 Å². The molecule has 9 nitrogen and oxygen atoms in total. The maximum Gasteiger partial charge on any atom is 0.243 e. The minimum absolute atomic E-state index is 0.00611. The largest absolute Gasteiger partial charge is 0.392 e. The molecule has 0 aromatic heterocycles. The number of hydrogen-bond acceptors (Lipinski definition) is 7. The van der Waals surface area contributed by atoms with Crippen LogP contribution < -0.4 is 10.8 Å². The minimum atomic E-state index is -0.531. The van der Waals surface area contributed by atoms with Gasteiger partial charge in [0.2, 0.25) is 11.8 Å². The van der Waals surface area contributed by atoms with Crippen molar-refractivity contribution in [3.8, 4) is 11.1 Å². The van der Waals surface area contributed by atoms with E-state index in [1.54, 1.807) is 5.48 Å². The van der Waals surface area contributed by atoms with Crippen LogP contribution in [0.3, 0.4) is 0 Å². The molecule has 0 spiro atoms. The molecule has 4 N–H and O–H groups in total. The van der Waals surface area contributed by atoms with Crippen LogP contribution in [-0.4, -0.2) is 46.7 Å². The minimum Gasteiger partial charge on any atom is -0.392 e. The molecule has 4 aromatic rings. The molecule has 1 aliphatic rings. The number of ether oxygens (including phenoxy) is 2. The zero-order chi connectivity index (χ0) is 35.1. The summed E-state index contributed by atoms with van der Waals surface area (Å²) in [6.07, 6.45) is 3.88. The molecule has 0 unspecified atom stereocenters. The van der Waals surface area contributed by atoms with E-state index in [1.807, 2.05) is 42.5 Å². The van der Waals surface area contributed by atoms with Gasteiger partial charge in [0.05, 0.1) is 18.8 Å². The number of rotatable bonds is 17. The summed E-state index contributed by atoms with van der Waals surface area (Å²) in [4.78, 5) is 25.8. The first-order valence-electron chi connectivity index (χ1n) is 17.5. The Morgan fingerprint density at radius 1 is 0.740 bits per heavy atom. The maximum absolute atomic E-state index is 12.4. The average molecular weight is 680 g/mol. The second-order valence-corrected chi connectivity index (χ2v) is 13.1. The highest BCUT2D eigenvalue weighted by atomic mass is 16.7. The Balaban J connectivity index is 1.19. The number of carbonyl (C=O) groups is 2. The van der Waals surface area contributed by atoms with E-state index in [9.17, 15) is 14.7 Å². The van der Waals surface area contributed by atoms with Gasteiger partial charge in [-0.3, -0.25) is 19.7 Å². The zero-order valence-electron chi connectivity index (χ0n) is 28.8. The van der Waals surface area contributed by atoms with Crippen molar-refractivity contribution < 1.29 is 29.4 Å². The number of nitrogens with zero attached hydrogens (tertiary/aromatic N) is 1. The van der Waals surface area contributed by atoms with Gasteiger partial charge in [-0.2, -0.15) is 0 Å². The molecule has 5 rings (SSSR count). The van der Waals surface area contributed by atoms with E-state index in [0.29, 0.717) is 25.8 Å². The molecule has 0 bridgehead atoms. The number of unbranched alkanes of at least 4 members (excludes halogenated alkanes) is 3. The molecule has 50 heavy (non-hydrogen) atoms. The van der Waals surface area contributed by atoms with Crippen LogP contribution in [0.5, 0.6) is 0 Å². The molecule has 264 valence electrons. The number of likely N-dealkylation sites (N-methyl/N-ethyl adjacent to an activating group) is 1. The number of aliphatic hydroxyl groups excluding tert-OH is 1. The van der Waals surface area contributed by atoms with Gasteiger partial charge >= 0.3 is 0 Å². The summed E-state index contributed by atoms with van der Waals surface area (Å²) in [6, 6.07) is 34.9. The molecule has 1 aliphatic heterocycles. The van der Waals surface area contributed by atoms with Crippen molar-refractivity contribution in [1.82, 2.24) is 15.7 Å². The molecule has 1 fully saturated rings. The van der Waals surface area contributed by atoms with Gasteiger partial charge < -0.3 is 19.9 Å². The topological polar surface area (TPSA) is 120 Å². The first-order valence-corrected chi connectivity index (χ1v) is 17.5. The van der Waals surface area contributed by atoms with Gasteiger partial charge in [-0.15, -0.1) is 0 Å². The van der Waals surface area contributed by atoms with Crippen LogP contribution in [0.25, 0.3) is 11.1 Å². The Bertz CT molecular complexity index is 1630. The van der Waals surface area contributed by atoms with Crippen molar-refractivity contribution >= 4 is 11.8 Å². The number of amides is 2. The summed E-state index contributed by atoms with van der Waals surface area (Å²) < 4.78 is 13.2. The van der Waals surface area contributed by atoms with Crippen molar-refractivity contribution in [3.05, 3.63) is 131 Å². The number of aliphatic hydroxyl groups is 1. The van der Waals surface area contributed by atoms with Crippen molar-refractivity contribution in [2.45, 2.75) is 83.1 Å². The standard InChI is InChI=1S/C41H49N3O6/c1-44(27-30-10-5-4-6-11-30)28-37-25-38(34-18-16-31(29-45)17-19-34)50-41(49-37)35-22-20-33(21-23-35)36-13-9-12-32(24-36)26-42-39(46)14-7-2-3-8-15-40(47)43-48/h4-6,9-13,16-24,37-38,41,45,48H,2-3,7-8,14-15,25-29H2,1H3,(H,42,46)(H,43,47)/t37-,38+,41+/m1/s1. The Hall–Kier alpha value is -4.38. The van der Waals surface area contributed by atoms with Gasteiger partial charge in [0.1, 0.15) is 0 Å². The molecular formula is C41H49N3O6. The third kappa shape index (κ3) is 11.3. The predicted octanol–water partition coefficient (Wildman–Crippen LogP) is 6.99. The monoisotopic (exact) mass is 679 g/mol. The summed E-state index contributed by atoms with van der Waals surface area (Å²) in [7, 11) is 2.12. The highest BCUT2D eigenvalue weighted by molar-refractivity contribution is 5.76. The Morgan fingerprint density at radius 2 is 1.42 bits per heavy atom. The lowest BCUT2D eigenvalue weighted by Gasteiger charge is -2.38. The number of hydrogen-bond donors (Lipinski definition) is 4. The van der Waals surface area contributed by atoms with Crippen LogP contribution in [0.4, 0.5) is 0 Å². The third-order valence-corrected chi connectivity index (χ3v) is 9.04. The Kier molecular flexibility index (Phi) is 14.1. The fraction of sp³-hybridized carbons (Fsp3) is 0.366. The van der Waals surface area contributed by atoms with E-state index in [-0.39, 0.29) is 30.6 Å². The lowest BCUT2D eigenvalue weighted by molar-refractivity contribution is -0.252. The molecule has 0 saturated carbocycles. The molecule has 1 heterocycles. The first kappa shape index (κ1) is 36.9. The average Bonchev–Trinajstić information content (AvgIpc) is 3.15. The second-order valence-electron chi connectivity index (χ2n) is 13.1. The Morgan fingerprint density at radius 3 is 2.12 bits per heavy atom. The third-order valence-electron chi connectivity index (χ3n) is 9.04. The summed E-state index contributed by atoms with van der Waals surface area (Å²) in [5.74, 6) is -0.372. The quantitative estimate of drug-likeness (QED) is 0.0540. The van der Waals surface area contributed by atoms with E-state index >= 15 is 0 Å². The molecule has 2 amide bonds. The van der Waals surface area contributed by atoms with E-state index in [1.165, 1.54) is 5.56 Å². The smallest absolute Gasteiger partial charge is 0.243 e.